The topological polar surface area (TPSA) is 77.0 Å². The van der Waals surface area contributed by atoms with Crippen LogP contribution >= 0.6 is 11.6 Å². The van der Waals surface area contributed by atoms with Crippen molar-refractivity contribution >= 4 is 23.2 Å². The van der Waals surface area contributed by atoms with Crippen LogP contribution in [0.4, 0.5) is 5.69 Å². The third-order valence-corrected chi connectivity index (χ3v) is 5.13. The number of amides is 1. The third kappa shape index (κ3) is 4.06. The zero-order chi connectivity index (χ0) is 21.1. The van der Waals surface area contributed by atoms with Gasteiger partial charge in [-0.2, -0.15) is 0 Å². The molecule has 0 saturated carbocycles. The van der Waals surface area contributed by atoms with Crippen molar-refractivity contribution in [2.75, 3.05) is 25.6 Å². The first-order chi connectivity index (χ1) is 14.6. The molecule has 2 N–H and O–H groups in total. The number of ether oxygens (including phenoxy) is 3. The number of rotatable bonds is 5. The predicted octanol–water partition coefficient (Wildman–Crippen LogP) is 4.45. The highest BCUT2D eigenvalue weighted by molar-refractivity contribution is 6.31. The van der Waals surface area contributed by atoms with Crippen molar-refractivity contribution in [3.05, 3.63) is 82.4 Å². The molecule has 1 aliphatic heterocycles. The normalized spacial score (nSPS) is 13.4. The average molecular weight is 426 g/mol. The predicted molar refractivity (Wildman–Crippen MR) is 114 cm³/mol. The maximum atomic E-state index is 12.9. The lowest BCUT2D eigenvalue weighted by atomic mass is 9.98. The Morgan fingerprint density at radius 2 is 1.77 bits per heavy atom. The van der Waals surface area contributed by atoms with Crippen molar-refractivity contribution in [2.24, 2.45) is 0 Å². The van der Waals surface area contributed by atoms with Gasteiger partial charge in [-0.1, -0.05) is 35.9 Å². The Bertz CT molecular complexity index is 1080. The Kier molecular flexibility index (Phi) is 5.79. The van der Waals surface area contributed by atoms with Gasteiger partial charge in [0.15, 0.2) is 11.5 Å². The van der Waals surface area contributed by atoms with Gasteiger partial charge in [-0.15, -0.1) is 0 Å². The molecule has 1 heterocycles. The lowest BCUT2D eigenvalue weighted by Crippen LogP contribution is -2.19. The zero-order valence-corrected chi connectivity index (χ0v) is 17.0. The Hall–Kier alpha value is -3.22. The van der Waals surface area contributed by atoms with Crippen LogP contribution in [0.15, 0.2) is 60.7 Å². The summed E-state index contributed by atoms with van der Waals surface area (Å²) in [5.41, 5.74) is 1.79. The number of halogens is 1. The maximum Gasteiger partial charge on any atom is 0.255 e. The first-order valence-electron chi connectivity index (χ1n) is 9.38. The maximum absolute atomic E-state index is 12.9. The summed E-state index contributed by atoms with van der Waals surface area (Å²) in [6.45, 7) is 0.812. The molecule has 7 heteroatoms. The Morgan fingerprint density at radius 1 is 1.03 bits per heavy atom. The van der Waals surface area contributed by atoms with Gasteiger partial charge < -0.3 is 24.6 Å². The molecule has 0 saturated heterocycles. The van der Waals surface area contributed by atoms with Crippen LogP contribution in [-0.4, -0.2) is 31.3 Å². The molecular weight excluding hydrogens is 406 g/mol. The SMILES string of the molecule is COc1cccc(C(=O)Nc2cc3c(cc2C(O)c2ccccc2Cl)OCCO3)c1. The van der Waals surface area contributed by atoms with E-state index >= 15 is 0 Å². The molecule has 0 bridgehead atoms. The number of fused-ring (bicyclic) bond motifs is 1. The van der Waals surface area contributed by atoms with Gasteiger partial charge in [-0.25, -0.2) is 0 Å². The van der Waals surface area contributed by atoms with Crippen LogP contribution in [-0.2, 0) is 0 Å². The van der Waals surface area contributed by atoms with E-state index in [2.05, 4.69) is 5.32 Å². The second-order valence-corrected chi connectivity index (χ2v) is 7.10. The minimum atomic E-state index is -1.07. The molecule has 0 fully saturated rings. The van der Waals surface area contributed by atoms with E-state index in [1.165, 1.54) is 7.11 Å². The fourth-order valence-electron chi connectivity index (χ4n) is 3.26. The molecule has 1 unspecified atom stereocenters. The number of anilines is 1. The Balaban J connectivity index is 1.74. The Morgan fingerprint density at radius 3 is 2.50 bits per heavy atom. The van der Waals surface area contributed by atoms with Crippen LogP contribution in [0.3, 0.4) is 0 Å². The summed E-state index contributed by atoms with van der Waals surface area (Å²) in [5, 5.41) is 14.4. The molecule has 6 nitrogen and oxygen atoms in total. The number of nitrogens with one attached hydrogen (secondary N) is 1. The molecule has 1 amide bonds. The molecule has 0 radical (unpaired) electrons. The van der Waals surface area contributed by atoms with E-state index in [4.69, 9.17) is 25.8 Å². The second-order valence-electron chi connectivity index (χ2n) is 6.69. The summed E-state index contributed by atoms with van der Waals surface area (Å²) in [6.07, 6.45) is -1.07. The summed E-state index contributed by atoms with van der Waals surface area (Å²) in [7, 11) is 1.54. The number of benzene rings is 3. The van der Waals surface area contributed by atoms with E-state index in [1.807, 2.05) is 0 Å². The van der Waals surface area contributed by atoms with Crippen molar-refractivity contribution in [1.82, 2.24) is 0 Å². The van der Waals surface area contributed by atoms with Crippen molar-refractivity contribution in [3.8, 4) is 17.2 Å². The highest BCUT2D eigenvalue weighted by Gasteiger charge is 2.24. The quantitative estimate of drug-likeness (QED) is 0.631. The molecule has 1 atom stereocenters. The lowest BCUT2D eigenvalue weighted by molar-refractivity contribution is 0.102. The van der Waals surface area contributed by atoms with Crippen LogP contribution in [0.25, 0.3) is 0 Å². The van der Waals surface area contributed by atoms with E-state index in [0.29, 0.717) is 57.9 Å². The first-order valence-corrected chi connectivity index (χ1v) is 9.76. The summed E-state index contributed by atoms with van der Waals surface area (Å²) in [4.78, 5) is 12.9. The van der Waals surface area contributed by atoms with Gasteiger partial charge in [0.1, 0.15) is 25.1 Å². The molecule has 3 aromatic rings. The van der Waals surface area contributed by atoms with Crippen LogP contribution in [0.1, 0.15) is 27.6 Å². The Labute approximate surface area is 179 Å². The molecule has 30 heavy (non-hydrogen) atoms. The van der Waals surface area contributed by atoms with Gasteiger partial charge in [0.05, 0.1) is 12.8 Å². The van der Waals surface area contributed by atoms with Crippen LogP contribution in [0.5, 0.6) is 17.2 Å². The standard InChI is InChI=1S/C23H20ClNO5/c1-28-15-6-4-5-14(11-15)23(27)25-19-13-21-20(29-9-10-30-21)12-17(19)22(26)16-7-2-3-8-18(16)24/h2-8,11-13,22,26H,9-10H2,1H3,(H,25,27). The van der Waals surface area contributed by atoms with Gasteiger partial charge >= 0.3 is 0 Å². The van der Waals surface area contributed by atoms with Gasteiger partial charge in [-0.3, -0.25) is 4.79 Å². The monoisotopic (exact) mass is 425 g/mol. The van der Waals surface area contributed by atoms with E-state index in [9.17, 15) is 9.90 Å². The molecule has 4 rings (SSSR count). The van der Waals surface area contributed by atoms with Crippen LogP contribution < -0.4 is 19.5 Å². The van der Waals surface area contributed by atoms with Gasteiger partial charge in [0.2, 0.25) is 0 Å². The number of aliphatic hydroxyl groups excluding tert-OH is 1. The van der Waals surface area contributed by atoms with Gasteiger partial charge in [0, 0.05) is 27.8 Å². The lowest BCUT2D eigenvalue weighted by Gasteiger charge is -2.24. The molecule has 0 aromatic heterocycles. The average Bonchev–Trinajstić information content (AvgIpc) is 2.78. The number of hydrogen-bond donors (Lipinski definition) is 2. The van der Waals surface area contributed by atoms with Crippen molar-refractivity contribution in [2.45, 2.75) is 6.10 Å². The molecular formula is C23H20ClNO5. The van der Waals surface area contributed by atoms with E-state index in [0.717, 1.165) is 0 Å². The molecule has 154 valence electrons. The minimum Gasteiger partial charge on any atom is -0.497 e. The molecule has 1 aliphatic rings. The largest absolute Gasteiger partial charge is 0.497 e. The number of aliphatic hydroxyl groups is 1. The molecule has 0 spiro atoms. The molecule has 3 aromatic carbocycles. The number of carbonyl (C=O) groups is 1. The summed E-state index contributed by atoms with van der Waals surface area (Å²) < 4.78 is 16.5. The van der Waals surface area contributed by atoms with E-state index < -0.39 is 6.10 Å². The van der Waals surface area contributed by atoms with Gasteiger partial charge in [0.25, 0.3) is 5.91 Å². The highest BCUT2D eigenvalue weighted by Crippen LogP contribution is 2.41. The number of carbonyl (C=O) groups excluding carboxylic acids is 1. The van der Waals surface area contributed by atoms with E-state index in [1.54, 1.807) is 60.7 Å². The van der Waals surface area contributed by atoms with Crippen molar-refractivity contribution in [3.63, 3.8) is 0 Å². The van der Waals surface area contributed by atoms with Crippen LogP contribution in [0, 0.1) is 0 Å². The fourth-order valence-corrected chi connectivity index (χ4v) is 3.50. The van der Waals surface area contributed by atoms with Gasteiger partial charge in [-0.05, 0) is 30.3 Å². The molecule has 0 aliphatic carbocycles. The smallest absolute Gasteiger partial charge is 0.255 e. The number of hydrogen-bond acceptors (Lipinski definition) is 5. The fraction of sp³-hybridized carbons (Fsp3) is 0.174. The third-order valence-electron chi connectivity index (χ3n) is 4.79. The highest BCUT2D eigenvalue weighted by atomic mass is 35.5. The van der Waals surface area contributed by atoms with Crippen molar-refractivity contribution < 1.29 is 24.1 Å². The van der Waals surface area contributed by atoms with Crippen LogP contribution in [0.2, 0.25) is 5.02 Å². The van der Waals surface area contributed by atoms with Crippen molar-refractivity contribution in [1.29, 1.82) is 0 Å². The second kappa shape index (κ2) is 8.65. The first kappa shape index (κ1) is 20.1. The van der Waals surface area contributed by atoms with E-state index in [-0.39, 0.29) is 5.91 Å². The number of methoxy groups -OCH3 is 1. The summed E-state index contributed by atoms with van der Waals surface area (Å²) in [6, 6.07) is 17.1. The zero-order valence-electron chi connectivity index (χ0n) is 16.2. The minimum absolute atomic E-state index is 0.349. The summed E-state index contributed by atoms with van der Waals surface area (Å²) in [5.74, 6) is 1.22. The summed E-state index contributed by atoms with van der Waals surface area (Å²) >= 11 is 6.28.